The first kappa shape index (κ1) is 18.2. The van der Waals surface area contributed by atoms with Crippen molar-refractivity contribution in [2.75, 3.05) is 11.2 Å². The predicted octanol–water partition coefficient (Wildman–Crippen LogP) is 1.96. The van der Waals surface area contributed by atoms with Crippen LogP contribution in [0.1, 0.15) is 18.3 Å². The van der Waals surface area contributed by atoms with Gasteiger partial charge in [0.15, 0.2) is 0 Å². The largest absolute Gasteiger partial charge is 0.334 e. The van der Waals surface area contributed by atoms with Gasteiger partial charge in [0, 0.05) is 11.9 Å². The summed E-state index contributed by atoms with van der Waals surface area (Å²) < 4.78 is 2.92. The first-order valence-corrected chi connectivity index (χ1v) is 8.94. The fourth-order valence-corrected chi connectivity index (χ4v) is 3.09. The van der Waals surface area contributed by atoms with Gasteiger partial charge in [0.1, 0.15) is 5.82 Å². The normalized spacial score (nSPS) is 12.2. The van der Waals surface area contributed by atoms with Gasteiger partial charge in [-0.25, -0.2) is 14.3 Å². The van der Waals surface area contributed by atoms with Crippen molar-refractivity contribution in [3.63, 3.8) is 0 Å². The van der Waals surface area contributed by atoms with Crippen LogP contribution < -0.4 is 11.2 Å². The van der Waals surface area contributed by atoms with Gasteiger partial charge >= 0.3 is 0 Å². The average molecular weight is 393 g/mol. The number of nitrogens with zero attached hydrogens (tertiary/aromatic N) is 6. The lowest BCUT2D eigenvalue weighted by Crippen LogP contribution is -2.24. The Bertz CT molecular complexity index is 936. The summed E-state index contributed by atoms with van der Waals surface area (Å²) in [6.45, 7) is 5.53. The lowest BCUT2D eigenvalue weighted by atomic mass is 10.4. The van der Waals surface area contributed by atoms with Crippen LogP contribution in [0.4, 0.5) is 5.82 Å². The van der Waals surface area contributed by atoms with Crippen molar-refractivity contribution in [3.05, 3.63) is 40.8 Å². The standard InChI is InChI=1S/C15H17ClN8OS/c1-8-6-9(2)24(22-8)14-20-21-15(23(14)17)26-10(3)13(25)19-12-5-4-11(16)7-18-12/h4-7,10H,17H2,1-3H3,(H,18,19,25). The summed E-state index contributed by atoms with van der Waals surface area (Å²) in [6.07, 6.45) is 1.46. The van der Waals surface area contributed by atoms with Gasteiger partial charge in [-0.05, 0) is 39.0 Å². The summed E-state index contributed by atoms with van der Waals surface area (Å²) >= 11 is 6.97. The molecule has 0 saturated carbocycles. The quantitative estimate of drug-likeness (QED) is 0.503. The van der Waals surface area contributed by atoms with E-state index < -0.39 is 5.25 Å². The number of nitrogens with one attached hydrogen (secondary N) is 1. The topological polar surface area (TPSA) is 117 Å². The third-order valence-electron chi connectivity index (χ3n) is 3.48. The summed E-state index contributed by atoms with van der Waals surface area (Å²) in [5.41, 5.74) is 1.74. The van der Waals surface area contributed by atoms with Crippen molar-refractivity contribution in [2.45, 2.75) is 31.2 Å². The molecule has 9 nitrogen and oxygen atoms in total. The molecular formula is C15H17ClN8OS. The van der Waals surface area contributed by atoms with E-state index in [0.717, 1.165) is 11.4 Å². The number of amides is 1. The zero-order valence-electron chi connectivity index (χ0n) is 14.3. The Morgan fingerprint density at radius 2 is 2.12 bits per heavy atom. The second kappa shape index (κ2) is 7.34. The van der Waals surface area contributed by atoms with Crippen LogP contribution in [0.2, 0.25) is 5.02 Å². The molecular weight excluding hydrogens is 376 g/mol. The molecule has 0 bridgehead atoms. The molecule has 3 rings (SSSR count). The number of nitrogen functional groups attached to an aromatic ring is 1. The summed E-state index contributed by atoms with van der Waals surface area (Å²) in [7, 11) is 0. The Hall–Kier alpha value is -2.59. The van der Waals surface area contributed by atoms with E-state index in [1.807, 2.05) is 19.9 Å². The van der Waals surface area contributed by atoms with Crippen LogP contribution in [0.5, 0.6) is 0 Å². The minimum Gasteiger partial charge on any atom is -0.334 e. The van der Waals surface area contributed by atoms with Crippen LogP contribution in [-0.2, 0) is 4.79 Å². The van der Waals surface area contributed by atoms with Gasteiger partial charge in [0.2, 0.25) is 11.1 Å². The SMILES string of the molecule is Cc1cc(C)n(-c2nnc(SC(C)C(=O)Nc3ccc(Cl)cn3)n2N)n1. The third-order valence-corrected chi connectivity index (χ3v) is 4.76. The van der Waals surface area contributed by atoms with Gasteiger partial charge < -0.3 is 11.2 Å². The highest BCUT2D eigenvalue weighted by molar-refractivity contribution is 8.00. The molecule has 11 heteroatoms. The fourth-order valence-electron chi connectivity index (χ4n) is 2.21. The highest BCUT2D eigenvalue weighted by Crippen LogP contribution is 2.23. The van der Waals surface area contributed by atoms with Crippen molar-refractivity contribution in [3.8, 4) is 5.95 Å². The van der Waals surface area contributed by atoms with Gasteiger partial charge in [0.05, 0.1) is 16.0 Å². The molecule has 0 fully saturated rings. The van der Waals surface area contributed by atoms with Crippen LogP contribution >= 0.6 is 23.4 Å². The zero-order valence-corrected chi connectivity index (χ0v) is 15.9. The van der Waals surface area contributed by atoms with E-state index in [4.69, 9.17) is 17.4 Å². The average Bonchev–Trinajstić information content (AvgIpc) is 3.11. The van der Waals surface area contributed by atoms with Gasteiger partial charge in [0.25, 0.3) is 5.95 Å². The number of hydrogen-bond acceptors (Lipinski definition) is 7. The maximum absolute atomic E-state index is 12.3. The van der Waals surface area contributed by atoms with Gasteiger partial charge in [-0.3, -0.25) is 4.79 Å². The van der Waals surface area contributed by atoms with Crippen LogP contribution in [-0.4, -0.2) is 40.8 Å². The number of rotatable bonds is 5. The molecule has 1 unspecified atom stereocenters. The summed E-state index contributed by atoms with van der Waals surface area (Å²) in [5, 5.41) is 15.6. The van der Waals surface area contributed by atoms with Crippen LogP contribution in [0.25, 0.3) is 5.95 Å². The monoisotopic (exact) mass is 392 g/mol. The Balaban J connectivity index is 1.71. The lowest BCUT2D eigenvalue weighted by Gasteiger charge is -2.11. The van der Waals surface area contributed by atoms with Crippen LogP contribution in [0.3, 0.4) is 0 Å². The maximum atomic E-state index is 12.3. The molecule has 0 aliphatic rings. The van der Waals surface area contributed by atoms with Crippen LogP contribution in [0, 0.1) is 13.8 Å². The highest BCUT2D eigenvalue weighted by atomic mass is 35.5. The number of hydrogen-bond donors (Lipinski definition) is 2. The Kier molecular flexibility index (Phi) is 5.14. The molecule has 0 aliphatic heterocycles. The predicted molar refractivity (Wildman–Crippen MR) is 100.0 cm³/mol. The second-order valence-electron chi connectivity index (χ2n) is 5.60. The first-order chi connectivity index (χ1) is 12.3. The van der Waals surface area contributed by atoms with E-state index in [1.165, 1.54) is 22.6 Å². The third kappa shape index (κ3) is 3.81. The van der Waals surface area contributed by atoms with E-state index in [1.54, 1.807) is 23.7 Å². The van der Waals surface area contributed by atoms with E-state index in [2.05, 4.69) is 25.6 Å². The van der Waals surface area contributed by atoms with Crippen molar-refractivity contribution in [2.24, 2.45) is 0 Å². The summed E-state index contributed by atoms with van der Waals surface area (Å²) in [4.78, 5) is 16.4. The Morgan fingerprint density at radius 3 is 2.73 bits per heavy atom. The molecule has 0 radical (unpaired) electrons. The summed E-state index contributed by atoms with van der Waals surface area (Å²) in [6, 6.07) is 5.19. The van der Waals surface area contributed by atoms with Gasteiger partial charge in [-0.15, -0.1) is 10.2 Å². The maximum Gasteiger partial charge on any atom is 0.271 e. The first-order valence-electron chi connectivity index (χ1n) is 7.68. The zero-order chi connectivity index (χ0) is 18.8. The fraction of sp³-hybridized carbons (Fsp3) is 0.267. The van der Waals surface area contributed by atoms with Crippen molar-refractivity contribution >= 4 is 35.1 Å². The lowest BCUT2D eigenvalue weighted by molar-refractivity contribution is -0.115. The molecule has 136 valence electrons. The van der Waals surface area contributed by atoms with E-state index in [0.29, 0.717) is 21.9 Å². The molecule has 3 N–H and O–H groups in total. The molecule has 0 aromatic carbocycles. The Labute approximate surface area is 158 Å². The minimum atomic E-state index is -0.465. The molecule has 26 heavy (non-hydrogen) atoms. The number of pyridine rings is 1. The van der Waals surface area contributed by atoms with Crippen molar-refractivity contribution in [1.82, 2.24) is 29.6 Å². The van der Waals surface area contributed by atoms with Gasteiger partial charge in [-0.2, -0.15) is 5.10 Å². The second-order valence-corrected chi connectivity index (χ2v) is 7.35. The number of carbonyl (C=O) groups is 1. The van der Waals surface area contributed by atoms with Crippen molar-refractivity contribution in [1.29, 1.82) is 0 Å². The number of thioether (sulfide) groups is 1. The smallest absolute Gasteiger partial charge is 0.271 e. The number of aryl methyl sites for hydroxylation is 2. The molecule has 3 heterocycles. The number of anilines is 1. The minimum absolute atomic E-state index is 0.236. The summed E-state index contributed by atoms with van der Waals surface area (Å²) in [5.74, 6) is 6.65. The number of carbonyl (C=O) groups excluding carboxylic acids is 1. The van der Waals surface area contributed by atoms with Gasteiger partial charge in [-0.1, -0.05) is 23.4 Å². The molecule has 1 atom stereocenters. The molecule has 1 amide bonds. The number of halogens is 1. The molecule has 0 saturated heterocycles. The molecule has 0 spiro atoms. The number of nitrogens with two attached hydrogens (primary N) is 1. The number of aromatic nitrogens is 6. The molecule has 0 aliphatic carbocycles. The Morgan fingerprint density at radius 1 is 1.35 bits per heavy atom. The van der Waals surface area contributed by atoms with Crippen molar-refractivity contribution < 1.29 is 4.79 Å². The van der Waals surface area contributed by atoms with E-state index in [9.17, 15) is 4.79 Å². The molecule has 3 aromatic heterocycles. The highest BCUT2D eigenvalue weighted by Gasteiger charge is 2.21. The van der Waals surface area contributed by atoms with Crippen LogP contribution in [0.15, 0.2) is 29.6 Å². The van der Waals surface area contributed by atoms with E-state index >= 15 is 0 Å². The molecule has 3 aromatic rings. The van der Waals surface area contributed by atoms with E-state index in [-0.39, 0.29) is 5.91 Å².